The first kappa shape index (κ1) is 22.1. The number of hydrogen-bond acceptors (Lipinski definition) is 6. The highest BCUT2D eigenvalue weighted by Crippen LogP contribution is 2.18. The molecule has 1 saturated heterocycles. The van der Waals surface area contributed by atoms with Crippen molar-refractivity contribution in [1.82, 2.24) is 15.2 Å². The quantitative estimate of drug-likeness (QED) is 0.605. The Kier molecular flexibility index (Phi) is 8.47. The van der Waals surface area contributed by atoms with Gasteiger partial charge in [-0.1, -0.05) is 18.2 Å². The number of anilines is 1. The molecule has 162 valence electrons. The number of carbonyl (C=O) groups excluding carboxylic acids is 1. The van der Waals surface area contributed by atoms with Crippen LogP contribution in [0.2, 0.25) is 0 Å². The van der Waals surface area contributed by atoms with Gasteiger partial charge in [0, 0.05) is 51.6 Å². The van der Waals surface area contributed by atoms with Crippen LogP contribution in [-0.4, -0.2) is 74.4 Å². The Bertz CT molecular complexity index is 779. The van der Waals surface area contributed by atoms with Crippen molar-refractivity contribution < 1.29 is 14.3 Å². The average Bonchev–Trinajstić information content (AvgIpc) is 2.78. The highest BCUT2D eigenvalue weighted by atomic mass is 16.5. The summed E-state index contributed by atoms with van der Waals surface area (Å²) in [4.78, 5) is 21.9. The molecule has 1 amide bonds. The number of carbonyl (C=O) groups is 1. The fraction of sp³-hybridized carbons (Fsp3) is 0.478. The normalized spacial score (nSPS) is 15.6. The van der Waals surface area contributed by atoms with Crippen molar-refractivity contribution in [1.29, 1.82) is 0 Å². The molecule has 7 heteroatoms. The van der Waals surface area contributed by atoms with Crippen molar-refractivity contribution in [3.63, 3.8) is 0 Å². The van der Waals surface area contributed by atoms with Crippen LogP contribution in [0, 0.1) is 0 Å². The van der Waals surface area contributed by atoms with Crippen LogP contribution < -0.4 is 15.0 Å². The van der Waals surface area contributed by atoms with Gasteiger partial charge in [0.1, 0.15) is 18.2 Å². The minimum Gasteiger partial charge on any atom is -0.490 e. The minimum absolute atomic E-state index is 0.0374. The predicted molar refractivity (Wildman–Crippen MR) is 118 cm³/mol. The van der Waals surface area contributed by atoms with Crippen molar-refractivity contribution in [3.05, 3.63) is 54.2 Å². The lowest BCUT2D eigenvalue weighted by Gasteiger charge is -2.36. The largest absolute Gasteiger partial charge is 0.490 e. The van der Waals surface area contributed by atoms with Crippen LogP contribution in [0.25, 0.3) is 0 Å². The molecule has 7 nitrogen and oxygen atoms in total. The molecule has 1 aliphatic heterocycles. The molecule has 0 bridgehead atoms. The van der Waals surface area contributed by atoms with E-state index >= 15 is 0 Å². The van der Waals surface area contributed by atoms with E-state index in [2.05, 4.69) is 20.1 Å². The van der Waals surface area contributed by atoms with E-state index in [0.717, 1.165) is 38.5 Å². The van der Waals surface area contributed by atoms with Crippen LogP contribution >= 0.6 is 0 Å². The molecular weight excluding hydrogens is 380 g/mol. The lowest BCUT2D eigenvalue weighted by Crippen LogP contribution is -2.51. The molecular formula is C23H32N4O3. The summed E-state index contributed by atoms with van der Waals surface area (Å²) in [7, 11) is 0. The predicted octanol–water partition coefficient (Wildman–Crippen LogP) is 2.44. The number of para-hydroxylation sites is 1. The number of benzene rings is 1. The van der Waals surface area contributed by atoms with Crippen molar-refractivity contribution in [2.24, 2.45) is 0 Å². The molecule has 1 N–H and O–H groups in total. The van der Waals surface area contributed by atoms with Crippen LogP contribution in [0.4, 0.5) is 5.82 Å². The van der Waals surface area contributed by atoms with E-state index in [-0.39, 0.29) is 11.9 Å². The maximum absolute atomic E-state index is 12.8. The zero-order valence-electron chi connectivity index (χ0n) is 17.9. The molecule has 30 heavy (non-hydrogen) atoms. The maximum atomic E-state index is 12.8. The number of pyridine rings is 1. The maximum Gasteiger partial charge on any atom is 0.255 e. The van der Waals surface area contributed by atoms with Gasteiger partial charge >= 0.3 is 0 Å². The third-order valence-electron chi connectivity index (χ3n) is 5.08. The summed E-state index contributed by atoms with van der Waals surface area (Å²) in [5.74, 6) is 1.51. The van der Waals surface area contributed by atoms with Gasteiger partial charge in [-0.15, -0.1) is 0 Å². The summed E-state index contributed by atoms with van der Waals surface area (Å²) in [5, 5.41) is 3.11. The first-order valence-corrected chi connectivity index (χ1v) is 10.7. The molecule has 2 heterocycles. The van der Waals surface area contributed by atoms with Gasteiger partial charge in [-0.3, -0.25) is 9.69 Å². The number of nitrogens with zero attached hydrogens (tertiary/aromatic N) is 3. The molecule has 3 rings (SSSR count). The summed E-state index contributed by atoms with van der Waals surface area (Å²) in [5.41, 5.74) is 0.556. The van der Waals surface area contributed by atoms with E-state index in [1.807, 2.05) is 56.4 Å². The smallest absolute Gasteiger partial charge is 0.255 e. The van der Waals surface area contributed by atoms with Gasteiger partial charge in [-0.05, 0) is 38.1 Å². The number of aromatic nitrogens is 1. The standard InChI is InChI=1S/C23H32N4O3/c1-3-29-16-17-30-21-9-5-4-8-20(21)23(28)25-19(2)18-26-12-14-27(15-13-26)22-10-6-7-11-24-22/h4-11,19H,3,12-18H2,1-2H3,(H,25,28). The van der Waals surface area contributed by atoms with Gasteiger partial charge in [0.25, 0.3) is 5.91 Å². The fourth-order valence-electron chi connectivity index (χ4n) is 3.57. The van der Waals surface area contributed by atoms with Crippen LogP contribution in [0.15, 0.2) is 48.7 Å². The van der Waals surface area contributed by atoms with Crippen LogP contribution in [0.3, 0.4) is 0 Å². The van der Waals surface area contributed by atoms with E-state index in [1.165, 1.54) is 0 Å². The third kappa shape index (κ3) is 6.43. The third-order valence-corrected chi connectivity index (χ3v) is 5.08. The molecule has 1 unspecified atom stereocenters. The highest BCUT2D eigenvalue weighted by Gasteiger charge is 2.21. The second kappa shape index (κ2) is 11.5. The zero-order chi connectivity index (χ0) is 21.2. The Morgan fingerprint density at radius 1 is 1.10 bits per heavy atom. The van der Waals surface area contributed by atoms with Crippen LogP contribution in [0.5, 0.6) is 5.75 Å². The van der Waals surface area contributed by atoms with Crippen molar-refractivity contribution >= 4 is 11.7 Å². The van der Waals surface area contributed by atoms with Gasteiger partial charge in [0.05, 0.1) is 12.2 Å². The van der Waals surface area contributed by atoms with Crippen molar-refractivity contribution in [2.45, 2.75) is 19.9 Å². The summed E-state index contributed by atoms with van der Waals surface area (Å²) in [6.07, 6.45) is 1.83. The molecule has 1 fully saturated rings. The molecule has 1 aliphatic rings. The molecule has 1 aromatic heterocycles. The first-order valence-electron chi connectivity index (χ1n) is 10.7. The lowest BCUT2D eigenvalue weighted by atomic mass is 10.1. The van der Waals surface area contributed by atoms with Gasteiger partial charge in [-0.25, -0.2) is 4.98 Å². The lowest BCUT2D eigenvalue weighted by molar-refractivity contribution is 0.0912. The molecule has 0 spiro atoms. The summed E-state index contributed by atoms with van der Waals surface area (Å²) < 4.78 is 11.0. The molecule has 1 aromatic carbocycles. The minimum atomic E-state index is -0.110. The van der Waals surface area contributed by atoms with Crippen LogP contribution in [0.1, 0.15) is 24.2 Å². The average molecular weight is 413 g/mol. The van der Waals surface area contributed by atoms with E-state index in [0.29, 0.717) is 31.1 Å². The summed E-state index contributed by atoms with van der Waals surface area (Å²) in [6.45, 7) is 10.2. The molecule has 0 saturated carbocycles. The second-order valence-corrected chi connectivity index (χ2v) is 7.39. The number of amides is 1. The molecule has 1 atom stereocenters. The molecule has 2 aromatic rings. The first-order chi connectivity index (χ1) is 14.7. The second-order valence-electron chi connectivity index (χ2n) is 7.39. The molecule has 0 radical (unpaired) electrons. The SMILES string of the molecule is CCOCCOc1ccccc1C(=O)NC(C)CN1CCN(c2ccccn2)CC1. The van der Waals surface area contributed by atoms with Crippen LogP contribution in [-0.2, 0) is 4.74 Å². The Balaban J connectivity index is 1.46. The number of nitrogens with one attached hydrogen (secondary N) is 1. The Morgan fingerprint density at radius 2 is 1.87 bits per heavy atom. The van der Waals surface area contributed by atoms with E-state index in [4.69, 9.17) is 9.47 Å². The van der Waals surface area contributed by atoms with Gasteiger partial charge < -0.3 is 19.7 Å². The highest BCUT2D eigenvalue weighted by molar-refractivity contribution is 5.97. The zero-order valence-corrected chi connectivity index (χ0v) is 17.9. The molecule has 0 aliphatic carbocycles. The fourth-order valence-corrected chi connectivity index (χ4v) is 3.57. The topological polar surface area (TPSA) is 66.9 Å². The van der Waals surface area contributed by atoms with Crippen molar-refractivity contribution in [2.75, 3.05) is 57.4 Å². The number of ether oxygens (including phenoxy) is 2. The Labute approximate surface area is 179 Å². The van der Waals surface area contributed by atoms with E-state index in [1.54, 1.807) is 6.07 Å². The van der Waals surface area contributed by atoms with E-state index in [9.17, 15) is 4.79 Å². The number of rotatable bonds is 10. The van der Waals surface area contributed by atoms with Gasteiger partial charge in [0.2, 0.25) is 0 Å². The Hall–Kier alpha value is -2.64. The summed E-state index contributed by atoms with van der Waals surface area (Å²) >= 11 is 0. The number of piperazine rings is 1. The van der Waals surface area contributed by atoms with E-state index < -0.39 is 0 Å². The Morgan fingerprint density at radius 3 is 2.60 bits per heavy atom. The van der Waals surface area contributed by atoms with Gasteiger partial charge in [-0.2, -0.15) is 0 Å². The number of hydrogen-bond donors (Lipinski definition) is 1. The van der Waals surface area contributed by atoms with Crippen molar-refractivity contribution in [3.8, 4) is 5.75 Å². The van der Waals surface area contributed by atoms with Gasteiger partial charge in [0.15, 0.2) is 0 Å². The summed E-state index contributed by atoms with van der Waals surface area (Å²) in [6, 6.07) is 13.4. The monoisotopic (exact) mass is 412 g/mol.